The second kappa shape index (κ2) is 8.16. The van der Waals surface area contributed by atoms with Crippen molar-refractivity contribution >= 4 is 10.8 Å². The van der Waals surface area contributed by atoms with Crippen LogP contribution in [-0.4, -0.2) is 20.3 Å². The molecule has 114 valence electrons. The lowest BCUT2D eigenvalue weighted by Gasteiger charge is -2.20. The number of benzene rings is 2. The standard InChI is InChI=1S/C19H27NO/c1-4-8-15(2)13-21-14-19(20-3)18-12-7-10-16-9-5-6-11-17(16)18/h5-7,9-12,15,19-20H,4,8,13-14H2,1-3H3. The van der Waals surface area contributed by atoms with Gasteiger partial charge in [0, 0.05) is 6.61 Å². The summed E-state index contributed by atoms with van der Waals surface area (Å²) in [6.45, 7) is 6.05. The van der Waals surface area contributed by atoms with Crippen molar-refractivity contribution in [1.29, 1.82) is 0 Å². The van der Waals surface area contributed by atoms with Gasteiger partial charge in [0.2, 0.25) is 0 Å². The van der Waals surface area contributed by atoms with E-state index in [2.05, 4.69) is 61.6 Å². The average molecular weight is 285 g/mol. The van der Waals surface area contributed by atoms with Gasteiger partial charge in [-0.05, 0) is 35.7 Å². The minimum absolute atomic E-state index is 0.241. The van der Waals surface area contributed by atoms with Crippen LogP contribution in [0.3, 0.4) is 0 Å². The average Bonchev–Trinajstić information content (AvgIpc) is 2.51. The zero-order valence-corrected chi connectivity index (χ0v) is 13.4. The fourth-order valence-electron chi connectivity index (χ4n) is 2.85. The van der Waals surface area contributed by atoms with E-state index in [1.165, 1.54) is 29.2 Å². The van der Waals surface area contributed by atoms with Gasteiger partial charge in [-0.1, -0.05) is 62.7 Å². The van der Waals surface area contributed by atoms with Crippen molar-refractivity contribution in [3.63, 3.8) is 0 Å². The lowest BCUT2D eigenvalue weighted by atomic mass is 9.99. The van der Waals surface area contributed by atoms with Crippen molar-refractivity contribution in [2.45, 2.75) is 32.7 Å². The Kier molecular flexibility index (Phi) is 6.21. The molecule has 0 aromatic heterocycles. The molecule has 0 saturated heterocycles. The Balaban J connectivity index is 2.06. The van der Waals surface area contributed by atoms with Gasteiger partial charge in [0.05, 0.1) is 12.6 Å². The molecule has 0 aliphatic rings. The van der Waals surface area contributed by atoms with Crippen molar-refractivity contribution in [1.82, 2.24) is 5.32 Å². The summed E-state index contributed by atoms with van der Waals surface area (Å²) in [5.74, 6) is 0.639. The fraction of sp³-hybridized carbons (Fsp3) is 0.474. The van der Waals surface area contributed by atoms with E-state index in [4.69, 9.17) is 4.74 Å². The highest BCUT2D eigenvalue weighted by Crippen LogP contribution is 2.24. The Bertz CT molecular complexity index is 547. The van der Waals surface area contributed by atoms with Crippen molar-refractivity contribution in [2.75, 3.05) is 20.3 Å². The van der Waals surface area contributed by atoms with Gasteiger partial charge in [-0.15, -0.1) is 0 Å². The van der Waals surface area contributed by atoms with E-state index in [1.807, 2.05) is 7.05 Å². The number of ether oxygens (including phenoxy) is 1. The van der Waals surface area contributed by atoms with E-state index in [0.717, 1.165) is 13.2 Å². The first kappa shape index (κ1) is 16.0. The number of rotatable bonds is 8. The smallest absolute Gasteiger partial charge is 0.0661 e. The molecule has 0 saturated carbocycles. The van der Waals surface area contributed by atoms with Crippen LogP contribution in [0.25, 0.3) is 10.8 Å². The maximum Gasteiger partial charge on any atom is 0.0661 e. The molecule has 0 aliphatic heterocycles. The molecule has 2 rings (SSSR count). The Hall–Kier alpha value is -1.38. The topological polar surface area (TPSA) is 21.3 Å². The normalized spacial score (nSPS) is 14.2. The summed E-state index contributed by atoms with van der Waals surface area (Å²) in [6, 6.07) is 15.3. The van der Waals surface area contributed by atoms with Crippen LogP contribution in [0.15, 0.2) is 42.5 Å². The van der Waals surface area contributed by atoms with Crippen LogP contribution in [0.5, 0.6) is 0 Å². The molecule has 0 radical (unpaired) electrons. The third-order valence-electron chi connectivity index (χ3n) is 4.02. The Morgan fingerprint density at radius 2 is 1.81 bits per heavy atom. The highest BCUT2D eigenvalue weighted by atomic mass is 16.5. The zero-order valence-electron chi connectivity index (χ0n) is 13.4. The molecular weight excluding hydrogens is 258 g/mol. The molecule has 0 bridgehead atoms. The maximum absolute atomic E-state index is 5.94. The molecule has 0 amide bonds. The Labute approximate surface area is 128 Å². The molecule has 2 atom stereocenters. The van der Waals surface area contributed by atoms with Crippen LogP contribution < -0.4 is 5.32 Å². The molecule has 2 nitrogen and oxygen atoms in total. The molecule has 0 spiro atoms. The summed E-state index contributed by atoms with van der Waals surface area (Å²) in [5, 5.41) is 5.99. The van der Waals surface area contributed by atoms with Gasteiger partial charge in [0.15, 0.2) is 0 Å². The zero-order chi connectivity index (χ0) is 15.1. The minimum atomic E-state index is 0.241. The van der Waals surface area contributed by atoms with Crippen LogP contribution in [-0.2, 0) is 4.74 Å². The predicted octanol–water partition coefficient (Wildman–Crippen LogP) is 4.55. The number of nitrogens with one attached hydrogen (secondary N) is 1. The third-order valence-corrected chi connectivity index (χ3v) is 4.02. The van der Waals surface area contributed by atoms with Crippen LogP contribution in [0.1, 0.15) is 38.3 Å². The molecule has 0 fully saturated rings. The van der Waals surface area contributed by atoms with Gasteiger partial charge in [-0.2, -0.15) is 0 Å². The number of fused-ring (bicyclic) bond motifs is 1. The van der Waals surface area contributed by atoms with Gasteiger partial charge < -0.3 is 10.1 Å². The van der Waals surface area contributed by atoms with Crippen LogP contribution >= 0.6 is 0 Å². The predicted molar refractivity (Wildman–Crippen MR) is 90.6 cm³/mol. The number of hydrogen-bond donors (Lipinski definition) is 1. The van der Waals surface area contributed by atoms with Crippen molar-refractivity contribution < 1.29 is 4.74 Å². The second-order valence-electron chi connectivity index (χ2n) is 5.84. The summed E-state index contributed by atoms with van der Waals surface area (Å²) in [4.78, 5) is 0. The summed E-state index contributed by atoms with van der Waals surface area (Å²) >= 11 is 0. The highest BCUT2D eigenvalue weighted by Gasteiger charge is 2.13. The first-order valence-electron chi connectivity index (χ1n) is 7.99. The minimum Gasteiger partial charge on any atom is -0.379 e. The van der Waals surface area contributed by atoms with Crippen LogP contribution in [0.4, 0.5) is 0 Å². The van der Waals surface area contributed by atoms with Gasteiger partial charge in [0.25, 0.3) is 0 Å². The number of likely N-dealkylation sites (N-methyl/N-ethyl adjacent to an activating group) is 1. The first-order chi connectivity index (χ1) is 10.3. The monoisotopic (exact) mass is 285 g/mol. The lowest BCUT2D eigenvalue weighted by molar-refractivity contribution is 0.0851. The largest absolute Gasteiger partial charge is 0.379 e. The van der Waals surface area contributed by atoms with Gasteiger partial charge in [-0.25, -0.2) is 0 Å². The lowest BCUT2D eigenvalue weighted by Crippen LogP contribution is -2.23. The number of hydrogen-bond acceptors (Lipinski definition) is 2. The third kappa shape index (κ3) is 4.29. The van der Waals surface area contributed by atoms with Gasteiger partial charge in [-0.3, -0.25) is 0 Å². The van der Waals surface area contributed by atoms with Gasteiger partial charge >= 0.3 is 0 Å². The van der Waals surface area contributed by atoms with Crippen LogP contribution in [0.2, 0.25) is 0 Å². The first-order valence-corrected chi connectivity index (χ1v) is 7.99. The van der Waals surface area contributed by atoms with Crippen molar-refractivity contribution in [2.24, 2.45) is 5.92 Å². The van der Waals surface area contributed by atoms with Crippen molar-refractivity contribution in [3.8, 4) is 0 Å². The van der Waals surface area contributed by atoms with Crippen LogP contribution in [0, 0.1) is 5.92 Å². The summed E-state index contributed by atoms with van der Waals surface area (Å²) in [5.41, 5.74) is 1.32. The summed E-state index contributed by atoms with van der Waals surface area (Å²) in [7, 11) is 2.01. The Morgan fingerprint density at radius 3 is 2.57 bits per heavy atom. The second-order valence-corrected chi connectivity index (χ2v) is 5.84. The van der Waals surface area contributed by atoms with E-state index in [1.54, 1.807) is 0 Å². The molecule has 0 aliphatic carbocycles. The molecule has 0 heterocycles. The Morgan fingerprint density at radius 1 is 1.05 bits per heavy atom. The van der Waals surface area contributed by atoms with E-state index in [9.17, 15) is 0 Å². The van der Waals surface area contributed by atoms with Crippen molar-refractivity contribution in [3.05, 3.63) is 48.0 Å². The molecule has 1 N–H and O–H groups in total. The molecular formula is C19H27NO. The molecule has 2 aromatic rings. The maximum atomic E-state index is 5.94. The summed E-state index contributed by atoms with van der Waals surface area (Å²) < 4.78 is 5.94. The van der Waals surface area contributed by atoms with E-state index in [-0.39, 0.29) is 6.04 Å². The highest BCUT2D eigenvalue weighted by molar-refractivity contribution is 5.86. The molecule has 2 heteroatoms. The molecule has 21 heavy (non-hydrogen) atoms. The quantitative estimate of drug-likeness (QED) is 0.768. The SMILES string of the molecule is CCCC(C)COCC(NC)c1cccc2ccccc12. The van der Waals surface area contributed by atoms with E-state index in [0.29, 0.717) is 5.92 Å². The fourth-order valence-corrected chi connectivity index (χ4v) is 2.85. The summed E-state index contributed by atoms with van der Waals surface area (Å²) in [6.07, 6.45) is 2.46. The van der Waals surface area contributed by atoms with Gasteiger partial charge in [0.1, 0.15) is 0 Å². The van der Waals surface area contributed by atoms with E-state index >= 15 is 0 Å². The molecule has 2 aromatic carbocycles. The molecule has 2 unspecified atom stereocenters. The van der Waals surface area contributed by atoms with E-state index < -0.39 is 0 Å².